The first-order chi connectivity index (χ1) is 14.1. The Morgan fingerprint density at radius 3 is 1.55 bits per heavy atom. The van der Waals surface area contributed by atoms with Crippen molar-refractivity contribution in [3.8, 4) is 0 Å². The molecule has 0 aliphatic heterocycles. The second kappa shape index (κ2) is 7.69. The maximum atomic E-state index is 10.8. The molecular weight excluding hydrogens is 356 g/mol. The highest BCUT2D eigenvalue weighted by Crippen LogP contribution is 2.41. The van der Waals surface area contributed by atoms with Crippen molar-refractivity contribution in [3.63, 3.8) is 0 Å². The molecule has 4 aromatic rings. The number of rotatable bonds is 6. The van der Waals surface area contributed by atoms with E-state index in [1.54, 1.807) is 0 Å². The standard InChI is InChI=1S/C26H26N2O/c1-3-25(2,29)24-19-28(20-27-24)26(21-13-7-4-8-14-21,22-15-9-5-10-16-22)23-17-11-6-12-18-23/h4-20,29H,3H2,1-2H3. The zero-order valence-corrected chi connectivity index (χ0v) is 16.9. The normalized spacial score (nSPS) is 13.8. The molecule has 0 saturated carbocycles. The minimum Gasteiger partial charge on any atom is -0.384 e. The second-order valence-electron chi connectivity index (χ2n) is 7.60. The van der Waals surface area contributed by atoms with E-state index in [0.717, 1.165) is 16.7 Å². The third-order valence-corrected chi connectivity index (χ3v) is 5.78. The van der Waals surface area contributed by atoms with Gasteiger partial charge in [0.2, 0.25) is 0 Å². The number of hydrogen-bond donors (Lipinski definition) is 1. The Morgan fingerprint density at radius 2 is 1.17 bits per heavy atom. The molecule has 1 N–H and O–H groups in total. The van der Waals surface area contributed by atoms with Gasteiger partial charge in [-0.05, 0) is 30.0 Å². The third-order valence-electron chi connectivity index (χ3n) is 5.78. The van der Waals surface area contributed by atoms with Crippen LogP contribution in [0.5, 0.6) is 0 Å². The van der Waals surface area contributed by atoms with Crippen LogP contribution in [0, 0.1) is 0 Å². The number of aliphatic hydroxyl groups is 1. The Bertz CT molecular complexity index is 957. The molecule has 0 fully saturated rings. The average Bonchev–Trinajstić information content (AvgIpc) is 3.28. The topological polar surface area (TPSA) is 38.0 Å². The fourth-order valence-electron chi connectivity index (χ4n) is 3.95. The van der Waals surface area contributed by atoms with Crippen molar-refractivity contribution in [2.75, 3.05) is 0 Å². The molecule has 29 heavy (non-hydrogen) atoms. The quantitative estimate of drug-likeness (QED) is 0.457. The first kappa shape index (κ1) is 19.2. The smallest absolute Gasteiger partial charge is 0.121 e. The number of nitrogens with zero attached hydrogens (tertiary/aromatic N) is 2. The van der Waals surface area contributed by atoms with E-state index in [2.05, 4.69) is 82.3 Å². The third kappa shape index (κ3) is 3.28. The van der Waals surface area contributed by atoms with E-state index in [0.29, 0.717) is 12.1 Å². The lowest BCUT2D eigenvalue weighted by Gasteiger charge is -2.37. The van der Waals surface area contributed by atoms with Crippen LogP contribution in [0.25, 0.3) is 0 Å². The Labute approximate surface area is 172 Å². The molecule has 0 spiro atoms. The summed E-state index contributed by atoms with van der Waals surface area (Å²) in [5.74, 6) is 0. The monoisotopic (exact) mass is 382 g/mol. The molecule has 0 amide bonds. The van der Waals surface area contributed by atoms with Crippen molar-refractivity contribution in [2.45, 2.75) is 31.4 Å². The molecule has 0 saturated heterocycles. The number of benzene rings is 3. The Balaban J connectivity index is 2.07. The highest BCUT2D eigenvalue weighted by molar-refractivity contribution is 5.50. The molecule has 0 radical (unpaired) electrons. The van der Waals surface area contributed by atoms with Crippen LogP contribution in [0.15, 0.2) is 104 Å². The lowest BCUT2D eigenvalue weighted by atomic mass is 9.76. The average molecular weight is 383 g/mol. The van der Waals surface area contributed by atoms with Gasteiger partial charge in [0.15, 0.2) is 0 Å². The molecule has 0 aliphatic carbocycles. The molecule has 1 heterocycles. The zero-order chi connectivity index (χ0) is 20.3. The minimum absolute atomic E-state index is 0.596. The van der Waals surface area contributed by atoms with E-state index in [9.17, 15) is 5.11 Å². The maximum absolute atomic E-state index is 10.8. The van der Waals surface area contributed by atoms with Crippen LogP contribution in [-0.2, 0) is 11.1 Å². The van der Waals surface area contributed by atoms with E-state index < -0.39 is 11.1 Å². The van der Waals surface area contributed by atoms with Gasteiger partial charge in [0.1, 0.15) is 11.1 Å². The van der Waals surface area contributed by atoms with E-state index in [1.165, 1.54) is 0 Å². The fraction of sp³-hybridized carbons (Fsp3) is 0.192. The largest absolute Gasteiger partial charge is 0.384 e. The summed E-state index contributed by atoms with van der Waals surface area (Å²) in [5.41, 5.74) is 2.51. The van der Waals surface area contributed by atoms with Crippen molar-refractivity contribution >= 4 is 0 Å². The predicted octanol–water partition coefficient (Wildman–Crippen LogP) is 5.34. The summed E-state index contributed by atoms with van der Waals surface area (Å²) in [7, 11) is 0. The molecule has 1 atom stereocenters. The van der Waals surface area contributed by atoms with Crippen LogP contribution < -0.4 is 0 Å². The Hall–Kier alpha value is -3.17. The summed E-state index contributed by atoms with van der Waals surface area (Å²) < 4.78 is 2.13. The summed E-state index contributed by atoms with van der Waals surface area (Å²) in [6.07, 6.45) is 4.42. The maximum Gasteiger partial charge on any atom is 0.121 e. The van der Waals surface area contributed by atoms with Gasteiger partial charge >= 0.3 is 0 Å². The lowest BCUT2D eigenvalue weighted by Crippen LogP contribution is -2.37. The van der Waals surface area contributed by atoms with Gasteiger partial charge < -0.3 is 9.67 Å². The van der Waals surface area contributed by atoms with Gasteiger partial charge in [-0.1, -0.05) is 97.9 Å². The van der Waals surface area contributed by atoms with E-state index >= 15 is 0 Å². The molecule has 1 aromatic heterocycles. The zero-order valence-electron chi connectivity index (χ0n) is 16.9. The van der Waals surface area contributed by atoms with Gasteiger partial charge in [-0.15, -0.1) is 0 Å². The second-order valence-corrected chi connectivity index (χ2v) is 7.60. The minimum atomic E-state index is -0.971. The van der Waals surface area contributed by atoms with Gasteiger partial charge in [0, 0.05) is 6.20 Å². The first-order valence-corrected chi connectivity index (χ1v) is 10.0. The van der Waals surface area contributed by atoms with Crippen molar-refractivity contribution < 1.29 is 5.11 Å². The fourth-order valence-corrected chi connectivity index (χ4v) is 3.95. The molecule has 3 aromatic carbocycles. The van der Waals surface area contributed by atoms with E-state index in [1.807, 2.05) is 44.6 Å². The Kier molecular flexibility index (Phi) is 5.08. The summed E-state index contributed by atoms with van der Waals surface area (Å²) in [4.78, 5) is 4.61. The number of hydrogen-bond acceptors (Lipinski definition) is 2. The highest BCUT2D eigenvalue weighted by Gasteiger charge is 2.39. The number of aromatic nitrogens is 2. The van der Waals surface area contributed by atoms with Crippen molar-refractivity contribution in [2.24, 2.45) is 0 Å². The van der Waals surface area contributed by atoms with Crippen molar-refractivity contribution in [1.82, 2.24) is 9.55 Å². The van der Waals surface area contributed by atoms with Crippen LogP contribution in [0.4, 0.5) is 0 Å². The predicted molar refractivity (Wildman–Crippen MR) is 117 cm³/mol. The van der Waals surface area contributed by atoms with Crippen LogP contribution in [-0.4, -0.2) is 14.7 Å². The summed E-state index contributed by atoms with van der Waals surface area (Å²) in [5, 5.41) is 10.8. The SMILES string of the molecule is CCC(C)(O)c1cn(C(c2ccccc2)(c2ccccc2)c2ccccc2)cn1. The molecule has 146 valence electrons. The van der Waals surface area contributed by atoms with Gasteiger partial charge in [-0.2, -0.15) is 0 Å². The van der Waals surface area contributed by atoms with Crippen molar-refractivity contribution in [3.05, 3.63) is 126 Å². The Morgan fingerprint density at radius 1 is 0.759 bits per heavy atom. The summed E-state index contributed by atoms with van der Waals surface area (Å²) in [6, 6.07) is 31.4. The molecular formula is C26H26N2O. The van der Waals surface area contributed by atoms with E-state index in [-0.39, 0.29) is 0 Å². The number of imidazole rings is 1. The summed E-state index contributed by atoms with van der Waals surface area (Å²) in [6.45, 7) is 3.78. The van der Waals surface area contributed by atoms with E-state index in [4.69, 9.17) is 0 Å². The summed E-state index contributed by atoms with van der Waals surface area (Å²) >= 11 is 0. The molecule has 4 rings (SSSR count). The molecule has 0 bridgehead atoms. The molecule has 1 unspecified atom stereocenters. The lowest BCUT2D eigenvalue weighted by molar-refractivity contribution is 0.0488. The molecule has 3 nitrogen and oxygen atoms in total. The molecule has 3 heteroatoms. The van der Waals surface area contributed by atoms with Crippen LogP contribution in [0.1, 0.15) is 42.7 Å². The van der Waals surface area contributed by atoms with Gasteiger partial charge in [0.25, 0.3) is 0 Å². The highest BCUT2D eigenvalue weighted by atomic mass is 16.3. The van der Waals surface area contributed by atoms with Gasteiger partial charge in [-0.3, -0.25) is 0 Å². The van der Waals surface area contributed by atoms with Crippen LogP contribution in [0.3, 0.4) is 0 Å². The van der Waals surface area contributed by atoms with Crippen LogP contribution in [0.2, 0.25) is 0 Å². The first-order valence-electron chi connectivity index (χ1n) is 10.0. The van der Waals surface area contributed by atoms with Gasteiger partial charge in [-0.25, -0.2) is 4.98 Å². The van der Waals surface area contributed by atoms with Gasteiger partial charge in [0.05, 0.1) is 12.0 Å². The van der Waals surface area contributed by atoms with Crippen molar-refractivity contribution in [1.29, 1.82) is 0 Å². The molecule has 0 aliphatic rings. The van der Waals surface area contributed by atoms with Crippen LogP contribution >= 0.6 is 0 Å².